The molecule has 0 unspecified atom stereocenters. The Morgan fingerprint density at radius 1 is 0.200 bits per heavy atom. The quantitative estimate of drug-likeness (QED) is 0.164. The van der Waals surface area contributed by atoms with Gasteiger partial charge in [0.2, 0.25) is 0 Å². The second-order valence-electron chi connectivity index (χ2n) is 17.3. The Morgan fingerprint density at radius 2 is 0.692 bits per heavy atom. The van der Waals surface area contributed by atoms with Gasteiger partial charge in [-0.15, -0.1) is 0 Å². The predicted molar refractivity (Wildman–Crippen MR) is 275 cm³/mol. The third-order valence-corrected chi connectivity index (χ3v) is 13.8. The van der Waals surface area contributed by atoms with E-state index in [0.717, 1.165) is 11.4 Å². The van der Waals surface area contributed by atoms with Gasteiger partial charge in [0.05, 0.1) is 38.8 Å². The van der Waals surface area contributed by atoms with Crippen LogP contribution in [0.3, 0.4) is 0 Å². The molecule has 0 atom stereocenters. The summed E-state index contributed by atoms with van der Waals surface area (Å²) in [6, 6.07) is 87.2. The van der Waals surface area contributed by atoms with E-state index in [0.29, 0.717) is 0 Å². The average molecular weight is 826 g/mol. The van der Waals surface area contributed by atoms with E-state index in [4.69, 9.17) is 0 Å². The van der Waals surface area contributed by atoms with Crippen LogP contribution in [-0.2, 0) is 0 Å². The summed E-state index contributed by atoms with van der Waals surface area (Å²) in [5.41, 5.74) is 15.4. The lowest BCUT2D eigenvalue weighted by atomic mass is 10.00. The third-order valence-electron chi connectivity index (χ3n) is 13.8. The number of benzene rings is 11. The van der Waals surface area contributed by atoms with Gasteiger partial charge in [0.15, 0.2) is 0 Å². The van der Waals surface area contributed by atoms with Crippen molar-refractivity contribution in [2.45, 2.75) is 0 Å². The van der Waals surface area contributed by atoms with Crippen LogP contribution in [-0.4, -0.2) is 13.7 Å². The summed E-state index contributed by atoms with van der Waals surface area (Å²) < 4.78 is 7.37. The molecule has 0 bridgehead atoms. The van der Waals surface area contributed by atoms with E-state index in [2.05, 4.69) is 250 Å². The van der Waals surface area contributed by atoms with Gasteiger partial charge in [-0.1, -0.05) is 158 Å². The topological polar surface area (TPSA) is 14.8 Å². The smallest absolute Gasteiger partial charge is 0.0562 e. The molecule has 0 amide bonds. The summed E-state index contributed by atoms with van der Waals surface area (Å²) in [5.74, 6) is 0. The van der Waals surface area contributed by atoms with Crippen LogP contribution in [0.2, 0.25) is 0 Å². The van der Waals surface area contributed by atoms with Crippen LogP contribution in [0.25, 0.3) is 126 Å². The highest BCUT2D eigenvalue weighted by Crippen LogP contribution is 2.43. The standard InChI is InChI=1S/C62H39N3/c1-2-14-40(15-3-1)44-20-12-21-47(34-44)63-59-32-29-46(45-30-33-60-52(36-45)50-23-9-11-26-58(50)65(60)56-27-13-19-42-17-6-7-22-49(42)56)37-53(59)55-38-54-51-24-8-10-25-57(51)64(61(54)39-62(55)63)48-31-28-41-16-4-5-18-43(41)35-48/h1-39H. The molecule has 3 aromatic heterocycles. The Bertz CT molecular complexity index is 4230. The summed E-state index contributed by atoms with van der Waals surface area (Å²) in [7, 11) is 0. The van der Waals surface area contributed by atoms with Gasteiger partial charge in [-0.05, 0) is 117 Å². The molecule has 65 heavy (non-hydrogen) atoms. The zero-order valence-corrected chi connectivity index (χ0v) is 35.4. The number of fused-ring (bicyclic) bond motifs is 11. The van der Waals surface area contributed by atoms with E-state index in [1.807, 2.05) is 0 Å². The van der Waals surface area contributed by atoms with Crippen LogP contribution >= 0.6 is 0 Å². The second kappa shape index (κ2) is 13.9. The summed E-state index contributed by atoms with van der Waals surface area (Å²) in [4.78, 5) is 0. The summed E-state index contributed by atoms with van der Waals surface area (Å²) in [6.07, 6.45) is 0. The van der Waals surface area contributed by atoms with Gasteiger partial charge in [0.1, 0.15) is 0 Å². The van der Waals surface area contributed by atoms with E-state index in [-0.39, 0.29) is 0 Å². The van der Waals surface area contributed by atoms with E-state index < -0.39 is 0 Å². The zero-order valence-electron chi connectivity index (χ0n) is 35.4. The van der Waals surface area contributed by atoms with Crippen molar-refractivity contribution >= 4 is 87.0 Å². The van der Waals surface area contributed by atoms with Crippen molar-refractivity contribution in [2.24, 2.45) is 0 Å². The minimum absolute atomic E-state index is 1.13. The first-order valence-electron chi connectivity index (χ1n) is 22.4. The lowest BCUT2D eigenvalue weighted by Gasteiger charge is -2.12. The van der Waals surface area contributed by atoms with Crippen molar-refractivity contribution in [3.8, 4) is 39.3 Å². The van der Waals surface area contributed by atoms with E-state index >= 15 is 0 Å². The Kier molecular flexibility index (Phi) is 7.69. The van der Waals surface area contributed by atoms with Crippen LogP contribution < -0.4 is 0 Å². The number of hydrogen-bond donors (Lipinski definition) is 0. The zero-order chi connectivity index (χ0) is 42.6. The highest BCUT2D eigenvalue weighted by atomic mass is 15.0. The summed E-state index contributed by atoms with van der Waals surface area (Å²) in [5, 5.41) is 12.4. The van der Waals surface area contributed by atoms with Crippen molar-refractivity contribution in [1.82, 2.24) is 13.7 Å². The monoisotopic (exact) mass is 825 g/mol. The van der Waals surface area contributed by atoms with Crippen LogP contribution in [0.15, 0.2) is 237 Å². The van der Waals surface area contributed by atoms with Gasteiger partial charge in [-0.25, -0.2) is 0 Å². The Morgan fingerprint density at radius 3 is 1.45 bits per heavy atom. The molecule has 14 aromatic rings. The second-order valence-corrected chi connectivity index (χ2v) is 17.3. The van der Waals surface area contributed by atoms with Crippen molar-refractivity contribution in [1.29, 1.82) is 0 Å². The lowest BCUT2D eigenvalue weighted by Crippen LogP contribution is -1.96. The van der Waals surface area contributed by atoms with Gasteiger partial charge in [-0.3, -0.25) is 0 Å². The first kappa shape index (κ1) is 35.9. The lowest BCUT2D eigenvalue weighted by molar-refractivity contribution is 1.17. The molecule has 302 valence electrons. The molecule has 11 aromatic carbocycles. The molecule has 3 heteroatoms. The fourth-order valence-electron chi connectivity index (χ4n) is 10.8. The third kappa shape index (κ3) is 5.43. The highest BCUT2D eigenvalue weighted by Gasteiger charge is 2.21. The van der Waals surface area contributed by atoms with Gasteiger partial charge in [-0.2, -0.15) is 0 Å². The minimum Gasteiger partial charge on any atom is -0.309 e. The molecule has 0 saturated heterocycles. The number of para-hydroxylation sites is 2. The molecule has 0 aliphatic heterocycles. The SMILES string of the molecule is c1ccc(-c2cccc(-n3c4ccc(-c5ccc6c(c5)c5ccccc5n6-c5cccc6ccccc56)cc4c4cc5c6ccccc6n(-c6ccc7ccccc7c6)c5cc43)c2)cc1. The van der Waals surface area contributed by atoms with Crippen molar-refractivity contribution in [2.75, 3.05) is 0 Å². The molecule has 14 rings (SSSR count). The van der Waals surface area contributed by atoms with Gasteiger partial charge in [0, 0.05) is 49.1 Å². The van der Waals surface area contributed by atoms with E-state index in [9.17, 15) is 0 Å². The van der Waals surface area contributed by atoms with Crippen LogP contribution in [0.4, 0.5) is 0 Å². The fraction of sp³-hybridized carbons (Fsp3) is 0. The molecular formula is C62H39N3. The maximum Gasteiger partial charge on any atom is 0.0562 e. The van der Waals surface area contributed by atoms with Crippen LogP contribution in [0.5, 0.6) is 0 Å². The van der Waals surface area contributed by atoms with E-state index in [1.54, 1.807) is 0 Å². The van der Waals surface area contributed by atoms with Gasteiger partial charge < -0.3 is 13.7 Å². The molecule has 3 heterocycles. The molecule has 0 fully saturated rings. The Labute approximate surface area is 374 Å². The van der Waals surface area contributed by atoms with Crippen molar-refractivity contribution in [3.05, 3.63) is 237 Å². The Hall–Kier alpha value is -8.66. The van der Waals surface area contributed by atoms with E-state index in [1.165, 1.54) is 115 Å². The van der Waals surface area contributed by atoms with Crippen LogP contribution in [0.1, 0.15) is 0 Å². The molecule has 3 nitrogen and oxygen atoms in total. The fourth-order valence-corrected chi connectivity index (χ4v) is 10.8. The van der Waals surface area contributed by atoms with Crippen molar-refractivity contribution < 1.29 is 0 Å². The number of nitrogens with zero attached hydrogens (tertiary/aromatic N) is 3. The minimum atomic E-state index is 1.13. The summed E-state index contributed by atoms with van der Waals surface area (Å²) in [6.45, 7) is 0. The van der Waals surface area contributed by atoms with Gasteiger partial charge >= 0.3 is 0 Å². The van der Waals surface area contributed by atoms with Gasteiger partial charge in [0.25, 0.3) is 0 Å². The van der Waals surface area contributed by atoms with Crippen LogP contribution in [0, 0.1) is 0 Å². The molecule has 0 saturated carbocycles. The molecule has 0 spiro atoms. The largest absolute Gasteiger partial charge is 0.309 e. The normalized spacial score (nSPS) is 12.0. The molecule has 0 radical (unpaired) electrons. The Balaban J connectivity index is 1.02. The maximum absolute atomic E-state index is 2.48. The number of aromatic nitrogens is 3. The molecule has 0 aliphatic carbocycles. The number of hydrogen-bond acceptors (Lipinski definition) is 0. The highest BCUT2D eigenvalue weighted by molar-refractivity contribution is 6.20. The van der Waals surface area contributed by atoms with Crippen molar-refractivity contribution in [3.63, 3.8) is 0 Å². The first-order valence-corrected chi connectivity index (χ1v) is 22.4. The molecular weight excluding hydrogens is 787 g/mol. The first-order chi connectivity index (χ1) is 32.2. The summed E-state index contributed by atoms with van der Waals surface area (Å²) >= 11 is 0. The maximum atomic E-state index is 2.48. The number of rotatable bonds is 5. The average Bonchev–Trinajstić information content (AvgIpc) is 4.00. The molecule has 0 N–H and O–H groups in total. The predicted octanol–water partition coefficient (Wildman–Crippen LogP) is 16.6. The molecule has 0 aliphatic rings.